The molecule has 0 N–H and O–H groups in total. The summed E-state index contributed by atoms with van der Waals surface area (Å²) >= 11 is 3.17. The van der Waals surface area contributed by atoms with Crippen molar-refractivity contribution in [3.63, 3.8) is 0 Å². The molecule has 110 valence electrons. The zero-order chi connectivity index (χ0) is 14.5. The second-order valence-electron chi connectivity index (χ2n) is 5.90. The lowest BCUT2D eigenvalue weighted by atomic mass is 9.77. The van der Waals surface area contributed by atoms with Gasteiger partial charge in [0.2, 0.25) is 0 Å². The van der Waals surface area contributed by atoms with Crippen LogP contribution in [0.2, 0.25) is 0 Å². The average molecular weight is 341 g/mol. The highest BCUT2D eigenvalue weighted by Gasteiger charge is 2.25. The first-order valence-electron chi connectivity index (χ1n) is 7.56. The van der Waals surface area contributed by atoms with Gasteiger partial charge < -0.3 is 0 Å². The van der Waals surface area contributed by atoms with Crippen LogP contribution < -0.4 is 0 Å². The molecular weight excluding hydrogens is 319 g/mol. The summed E-state index contributed by atoms with van der Waals surface area (Å²) in [6.45, 7) is 2.23. The van der Waals surface area contributed by atoms with E-state index in [4.69, 9.17) is 0 Å². The maximum Gasteiger partial charge on any atom is 0.140 e. The summed E-state index contributed by atoms with van der Waals surface area (Å²) in [7, 11) is 0. The zero-order valence-electron chi connectivity index (χ0n) is 12.0. The molecule has 0 unspecified atom stereocenters. The third-order valence-electron chi connectivity index (χ3n) is 4.36. The fourth-order valence-electron chi connectivity index (χ4n) is 3.18. The highest BCUT2D eigenvalue weighted by atomic mass is 79.9. The van der Waals surface area contributed by atoms with E-state index in [2.05, 4.69) is 22.9 Å². The molecule has 1 aromatic carbocycles. The van der Waals surface area contributed by atoms with E-state index >= 15 is 0 Å². The Morgan fingerprint density at radius 3 is 2.60 bits per heavy atom. The lowest BCUT2D eigenvalue weighted by Gasteiger charge is -2.27. The van der Waals surface area contributed by atoms with Crippen molar-refractivity contribution >= 4 is 21.7 Å². The van der Waals surface area contributed by atoms with Crippen LogP contribution in [0.4, 0.5) is 4.39 Å². The smallest absolute Gasteiger partial charge is 0.140 e. The topological polar surface area (TPSA) is 17.1 Å². The molecule has 0 amide bonds. The highest BCUT2D eigenvalue weighted by Crippen LogP contribution is 2.32. The van der Waals surface area contributed by atoms with E-state index in [1.807, 2.05) is 0 Å². The van der Waals surface area contributed by atoms with Crippen molar-refractivity contribution in [2.24, 2.45) is 11.8 Å². The van der Waals surface area contributed by atoms with Gasteiger partial charge in [0.1, 0.15) is 11.6 Å². The van der Waals surface area contributed by atoms with E-state index in [0.717, 1.165) is 24.3 Å². The normalized spacial score (nSPS) is 22.8. The summed E-state index contributed by atoms with van der Waals surface area (Å²) in [5.41, 5.74) is 0.902. The molecule has 1 fully saturated rings. The van der Waals surface area contributed by atoms with E-state index in [-0.39, 0.29) is 11.7 Å². The van der Waals surface area contributed by atoms with Crippen molar-refractivity contribution in [3.8, 4) is 0 Å². The molecule has 0 bridgehead atoms. The van der Waals surface area contributed by atoms with E-state index in [0.29, 0.717) is 16.7 Å². The molecule has 0 aromatic heterocycles. The molecule has 1 saturated carbocycles. The molecule has 0 spiro atoms. The van der Waals surface area contributed by atoms with Crippen molar-refractivity contribution in [3.05, 3.63) is 34.1 Å². The number of benzene rings is 1. The van der Waals surface area contributed by atoms with Gasteiger partial charge in [-0.1, -0.05) is 25.8 Å². The Balaban J connectivity index is 1.88. The minimum Gasteiger partial charge on any atom is -0.299 e. The van der Waals surface area contributed by atoms with Crippen LogP contribution in [0, 0.1) is 17.7 Å². The van der Waals surface area contributed by atoms with Gasteiger partial charge in [-0.15, -0.1) is 0 Å². The molecule has 1 nitrogen and oxygen atoms in total. The maximum absolute atomic E-state index is 13.2. The lowest BCUT2D eigenvalue weighted by Crippen LogP contribution is -2.23. The summed E-state index contributed by atoms with van der Waals surface area (Å²) < 4.78 is 13.6. The number of hydrogen-bond acceptors (Lipinski definition) is 1. The molecule has 1 aliphatic carbocycles. The summed E-state index contributed by atoms with van der Waals surface area (Å²) in [4.78, 5) is 12.3. The van der Waals surface area contributed by atoms with Gasteiger partial charge in [0.25, 0.3) is 0 Å². The second kappa shape index (κ2) is 7.35. The number of rotatable bonds is 5. The first kappa shape index (κ1) is 15.7. The molecule has 0 radical (unpaired) electrons. The van der Waals surface area contributed by atoms with Crippen molar-refractivity contribution in [2.45, 2.75) is 51.9 Å². The molecule has 0 heterocycles. The summed E-state index contributed by atoms with van der Waals surface area (Å²) in [6.07, 6.45) is 7.42. The Morgan fingerprint density at radius 2 is 2.00 bits per heavy atom. The van der Waals surface area contributed by atoms with E-state index in [1.165, 1.54) is 31.7 Å². The molecule has 0 aliphatic heterocycles. The number of ketones is 1. The van der Waals surface area contributed by atoms with Crippen LogP contribution in [0.3, 0.4) is 0 Å². The molecule has 3 heteroatoms. The van der Waals surface area contributed by atoms with Gasteiger partial charge >= 0.3 is 0 Å². The van der Waals surface area contributed by atoms with Crippen LogP contribution in [0.5, 0.6) is 0 Å². The van der Waals surface area contributed by atoms with E-state index in [1.54, 1.807) is 12.1 Å². The van der Waals surface area contributed by atoms with Crippen molar-refractivity contribution in [1.82, 2.24) is 0 Å². The van der Waals surface area contributed by atoms with Gasteiger partial charge in [-0.2, -0.15) is 0 Å². The fraction of sp³-hybridized carbons (Fsp3) is 0.588. The number of Topliss-reactive ketones (excluding diaryl/α,β-unsaturated/α-hetero) is 1. The third-order valence-corrected chi connectivity index (χ3v) is 4.97. The van der Waals surface area contributed by atoms with E-state index in [9.17, 15) is 9.18 Å². The van der Waals surface area contributed by atoms with Gasteiger partial charge in [-0.05, 0) is 65.2 Å². The fourth-order valence-corrected chi connectivity index (χ4v) is 3.60. The SMILES string of the molecule is CCCC1CCC(C(=O)Cc2ccc(F)c(Br)c2)CC1. The molecule has 0 atom stereocenters. The van der Waals surface area contributed by atoms with Crippen LogP contribution in [-0.2, 0) is 11.2 Å². The Bertz CT molecular complexity index is 464. The van der Waals surface area contributed by atoms with Crippen LogP contribution in [0.25, 0.3) is 0 Å². The Labute approximate surface area is 129 Å². The molecule has 20 heavy (non-hydrogen) atoms. The van der Waals surface area contributed by atoms with Crippen LogP contribution in [0.1, 0.15) is 51.0 Å². The number of halogens is 2. The van der Waals surface area contributed by atoms with Crippen molar-refractivity contribution < 1.29 is 9.18 Å². The Hall–Kier alpha value is -0.700. The monoisotopic (exact) mass is 340 g/mol. The number of hydrogen-bond donors (Lipinski definition) is 0. The van der Waals surface area contributed by atoms with E-state index < -0.39 is 0 Å². The van der Waals surface area contributed by atoms with Gasteiger partial charge in [-0.25, -0.2) is 4.39 Å². The van der Waals surface area contributed by atoms with Crippen LogP contribution >= 0.6 is 15.9 Å². The van der Waals surface area contributed by atoms with Gasteiger partial charge in [0.15, 0.2) is 0 Å². The third kappa shape index (κ3) is 4.15. The highest BCUT2D eigenvalue weighted by molar-refractivity contribution is 9.10. The van der Waals surface area contributed by atoms with Gasteiger partial charge in [0, 0.05) is 12.3 Å². The summed E-state index contributed by atoms with van der Waals surface area (Å²) in [6, 6.07) is 4.85. The van der Waals surface area contributed by atoms with Gasteiger partial charge in [0.05, 0.1) is 4.47 Å². The van der Waals surface area contributed by atoms with Crippen molar-refractivity contribution in [1.29, 1.82) is 0 Å². The van der Waals surface area contributed by atoms with Crippen LogP contribution in [0.15, 0.2) is 22.7 Å². The standard InChI is InChI=1S/C17H22BrFO/c1-2-3-12-4-7-14(8-5-12)17(20)11-13-6-9-16(19)15(18)10-13/h6,9-10,12,14H,2-5,7-8,11H2,1H3. The second-order valence-corrected chi connectivity index (χ2v) is 6.75. The maximum atomic E-state index is 13.2. The predicted molar refractivity (Wildman–Crippen MR) is 83.2 cm³/mol. The van der Waals surface area contributed by atoms with Crippen molar-refractivity contribution in [2.75, 3.05) is 0 Å². The molecule has 0 saturated heterocycles. The predicted octanol–water partition coefficient (Wildman–Crippen LogP) is 5.31. The summed E-state index contributed by atoms with van der Waals surface area (Å²) in [5, 5.41) is 0. The minimum absolute atomic E-state index is 0.215. The first-order valence-corrected chi connectivity index (χ1v) is 8.36. The molecular formula is C17H22BrFO. The molecule has 1 aromatic rings. The zero-order valence-corrected chi connectivity index (χ0v) is 13.6. The average Bonchev–Trinajstić information content (AvgIpc) is 2.44. The Kier molecular flexibility index (Phi) is 5.76. The molecule has 2 rings (SSSR count). The van der Waals surface area contributed by atoms with Gasteiger partial charge in [-0.3, -0.25) is 4.79 Å². The number of carbonyl (C=O) groups excluding carboxylic acids is 1. The summed E-state index contributed by atoms with van der Waals surface area (Å²) in [5.74, 6) is 1.08. The molecule has 1 aliphatic rings. The Morgan fingerprint density at radius 1 is 1.30 bits per heavy atom. The first-order chi connectivity index (χ1) is 9.60. The number of carbonyl (C=O) groups is 1. The quantitative estimate of drug-likeness (QED) is 0.710. The minimum atomic E-state index is -0.277. The van der Waals surface area contributed by atoms with Crippen LogP contribution in [-0.4, -0.2) is 5.78 Å². The lowest BCUT2D eigenvalue weighted by molar-refractivity contribution is -0.123. The largest absolute Gasteiger partial charge is 0.299 e.